The van der Waals surface area contributed by atoms with Crippen LogP contribution in [0, 0.1) is 0 Å². The van der Waals surface area contributed by atoms with Crippen LogP contribution in [0.3, 0.4) is 0 Å². The number of aromatic nitrogens is 2. The Balaban J connectivity index is 1.76. The fourth-order valence-electron chi connectivity index (χ4n) is 3.41. The third-order valence-corrected chi connectivity index (χ3v) is 4.61. The highest BCUT2D eigenvalue weighted by molar-refractivity contribution is 5.47. The number of amides is 1. The van der Waals surface area contributed by atoms with Crippen LogP contribution in [0.2, 0.25) is 0 Å². The molecule has 1 N–H and O–H groups in total. The first-order valence-electron chi connectivity index (χ1n) is 8.26. The van der Waals surface area contributed by atoms with Gasteiger partial charge in [-0.1, -0.05) is 18.2 Å². The molecule has 0 fully saturated rings. The Bertz CT molecular complexity index is 639. The van der Waals surface area contributed by atoms with Crippen LogP contribution < -0.4 is 0 Å². The minimum Gasteiger partial charge on any atom is -0.395 e. The minimum atomic E-state index is 0.0145. The van der Waals surface area contributed by atoms with Gasteiger partial charge in [0, 0.05) is 18.8 Å². The van der Waals surface area contributed by atoms with Gasteiger partial charge in [0.15, 0.2) is 0 Å². The smallest absolute Gasteiger partial charge is 0.209 e. The van der Waals surface area contributed by atoms with E-state index in [0.29, 0.717) is 19.0 Å². The first-order valence-corrected chi connectivity index (χ1v) is 8.26. The van der Waals surface area contributed by atoms with E-state index in [1.54, 1.807) is 4.90 Å². The molecule has 0 bridgehead atoms. The van der Waals surface area contributed by atoms with Gasteiger partial charge in [0.2, 0.25) is 6.41 Å². The summed E-state index contributed by atoms with van der Waals surface area (Å²) in [6, 6.07) is 10.2. The molecular weight excluding hydrogens is 290 g/mol. The molecule has 0 aliphatic heterocycles. The molecule has 5 heteroatoms. The monoisotopic (exact) mass is 313 g/mol. The van der Waals surface area contributed by atoms with Gasteiger partial charge >= 0.3 is 0 Å². The molecule has 23 heavy (non-hydrogen) atoms. The molecule has 0 radical (unpaired) electrons. The molecule has 1 atom stereocenters. The van der Waals surface area contributed by atoms with E-state index in [9.17, 15) is 4.79 Å². The topological polar surface area (TPSA) is 58.4 Å². The number of aliphatic hydroxyl groups is 1. The van der Waals surface area contributed by atoms with Crippen LogP contribution in [0.25, 0.3) is 5.69 Å². The van der Waals surface area contributed by atoms with E-state index >= 15 is 0 Å². The average Bonchev–Trinajstić information content (AvgIpc) is 3.04. The highest BCUT2D eigenvalue weighted by Gasteiger charge is 2.25. The molecule has 122 valence electrons. The van der Waals surface area contributed by atoms with Crippen molar-refractivity contribution in [3.05, 3.63) is 47.8 Å². The fourth-order valence-corrected chi connectivity index (χ4v) is 3.41. The van der Waals surface area contributed by atoms with Gasteiger partial charge in [0.25, 0.3) is 0 Å². The number of hydrogen-bond donors (Lipinski definition) is 1. The van der Waals surface area contributed by atoms with Crippen LogP contribution in [0.15, 0.2) is 36.5 Å². The van der Waals surface area contributed by atoms with Gasteiger partial charge in [0.1, 0.15) is 0 Å². The van der Waals surface area contributed by atoms with E-state index in [-0.39, 0.29) is 6.61 Å². The molecule has 1 aliphatic rings. The molecule has 0 saturated heterocycles. The molecule has 1 amide bonds. The number of aliphatic hydroxyl groups excluding tert-OH is 1. The van der Waals surface area contributed by atoms with Crippen molar-refractivity contribution in [3.63, 3.8) is 0 Å². The maximum atomic E-state index is 11.0. The highest BCUT2D eigenvalue weighted by Crippen LogP contribution is 2.34. The van der Waals surface area contributed by atoms with E-state index in [0.717, 1.165) is 37.8 Å². The molecule has 0 saturated carbocycles. The summed E-state index contributed by atoms with van der Waals surface area (Å²) in [6.45, 7) is 1.11. The maximum Gasteiger partial charge on any atom is 0.209 e. The predicted molar refractivity (Wildman–Crippen MR) is 88.6 cm³/mol. The van der Waals surface area contributed by atoms with E-state index in [4.69, 9.17) is 5.11 Å². The summed E-state index contributed by atoms with van der Waals surface area (Å²) in [7, 11) is 0. The molecule has 2 aromatic rings. The largest absolute Gasteiger partial charge is 0.395 e. The molecule has 0 unspecified atom stereocenters. The first kappa shape index (κ1) is 15.7. The number of benzene rings is 1. The van der Waals surface area contributed by atoms with Crippen LogP contribution in [0.1, 0.15) is 36.4 Å². The van der Waals surface area contributed by atoms with Crippen LogP contribution in [-0.4, -0.2) is 45.9 Å². The lowest BCUT2D eigenvalue weighted by Crippen LogP contribution is -2.28. The zero-order chi connectivity index (χ0) is 16.1. The van der Waals surface area contributed by atoms with Gasteiger partial charge < -0.3 is 10.0 Å². The third-order valence-electron chi connectivity index (χ3n) is 4.61. The number of carbonyl (C=O) groups is 1. The lowest BCUT2D eigenvalue weighted by Gasteiger charge is -2.25. The summed E-state index contributed by atoms with van der Waals surface area (Å²) in [6.07, 6.45) is 7.08. The summed E-state index contributed by atoms with van der Waals surface area (Å²) in [5, 5.41) is 13.6. The molecule has 0 spiro atoms. The van der Waals surface area contributed by atoms with E-state index in [2.05, 4.69) is 17.2 Å². The van der Waals surface area contributed by atoms with Gasteiger partial charge in [-0.05, 0) is 49.3 Å². The van der Waals surface area contributed by atoms with Gasteiger partial charge in [0.05, 0.1) is 18.5 Å². The normalized spacial score (nSPS) is 16.8. The van der Waals surface area contributed by atoms with Gasteiger partial charge in [-0.3, -0.25) is 4.79 Å². The first-order chi connectivity index (χ1) is 11.3. The van der Waals surface area contributed by atoms with Crippen molar-refractivity contribution in [1.29, 1.82) is 0 Å². The van der Waals surface area contributed by atoms with Crippen molar-refractivity contribution < 1.29 is 9.90 Å². The standard InChI is InChI=1S/C18H23N3O2/c22-12-11-20(14-23)10-9-15-5-4-8-18-17(15)13-19-21(18)16-6-2-1-3-7-16/h1-3,6-7,13-15,22H,4-5,8-12H2/t15-/m0/s1. The summed E-state index contributed by atoms with van der Waals surface area (Å²) >= 11 is 0. The second kappa shape index (κ2) is 7.42. The molecular formula is C18H23N3O2. The molecule has 3 rings (SSSR count). The van der Waals surface area contributed by atoms with Crippen molar-refractivity contribution in [2.24, 2.45) is 0 Å². The Hall–Kier alpha value is -2.14. The number of rotatable bonds is 7. The molecule has 1 aromatic heterocycles. The summed E-state index contributed by atoms with van der Waals surface area (Å²) in [5.41, 5.74) is 3.71. The van der Waals surface area contributed by atoms with Crippen LogP contribution >= 0.6 is 0 Å². The summed E-state index contributed by atoms with van der Waals surface area (Å²) < 4.78 is 2.05. The van der Waals surface area contributed by atoms with E-state index in [1.807, 2.05) is 29.1 Å². The fraction of sp³-hybridized carbons (Fsp3) is 0.444. The second-order valence-electron chi connectivity index (χ2n) is 6.04. The van der Waals surface area contributed by atoms with Crippen LogP contribution in [0.5, 0.6) is 0 Å². The third kappa shape index (κ3) is 3.45. The number of carbonyl (C=O) groups excluding carboxylic acids is 1. The average molecular weight is 313 g/mol. The quantitative estimate of drug-likeness (QED) is 0.797. The van der Waals surface area contributed by atoms with Crippen molar-refractivity contribution in [1.82, 2.24) is 14.7 Å². The maximum absolute atomic E-state index is 11.0. The van der Waals surface area contributed by atoms with Crippen molar-refractivity contribution in [2.45, 2.75) is 31.6 Å². The van der Waals surface area contributed by atoms with Crippen LogP contribution in [0.4, 0.5) is 0 Å². The zero-order valence-corrected chi connectivity index (χ0v) is 13.3. The SMILES string of the molecule is O=CN(CCO)CC[C@@H]1CCCc2c1cnn2-c1ccccc1. The molecule has 1 aliphatic carbocycles. The highest BCUT2D eigenvalue weighted by atomic mass is 16.3. The second-order valence-corrected chi connectivity index (χ2v) is 6.04. The Kier molecular flexibility index (Phi) is 5.08. The molecule has 1 heterocycles. The Morgan fingerprint density at radius 2 is 2.13 bits per heavy atom. The van der Waals surface area contributed by atoms with Crippen molar-refractivity contribution in [2.75, 3.05) is 19.7 Å². The molecule has 5 nitrogen and oxygen atoms in total. The minimum absolute atomic E-state index is 0.0145. The summed E-state index contributed by atoms with van der Waals surface area (Å²) in [4.78, 5) is 12.6. The number of fused-ring (bicyclic) bond motifs is 1. The molecule has 1 aromatic carbocycles. The lowest BCUT2D eigenvalue weighted by molar-refractivity contribution is -0.118. The summed E-state index contributed by atoms with van der Waals surface area (Å²) in [5.74, 6) is 0.442. The number of nitrogens with zero attached hydrogens (tertiary/aromatic N) is 3. The van der Waals surface area contributed by atoms with Gasteiger partial charge in [-0.2, -0.15) is 5.10 Å². The van der Waals surface area contributed by atoms with E-state index < -0.39 is 0 Å². The van der Waals surface area contributed by atoms with Crippen LogP contribution in [-0.2, 0) is 11.2 Å². The Morgan fingerprint density at radius 3 is 2.87 bits per heavy atom. The van der Waals surface area contributed by atoms with Gasteiger partial charge in [-0.15, -0.1) is 0 Å². The Morgan fingerprint density at radius 1 is 1.30 bits per heavy atom. The zero-order valence-electron chi connectivity index (χ0n) is 13.3. The Labute approximate surface area is 136 Å². The van der Waals surface area contributed by atoms with Crippen molar-refractivity contribution in [3.8, 4) is 5.69 Å². The number of hydrogen-bond acceptors (Lipinski definition) is 3. The predicted octanol–water partition coefficient (Wildman–Crippen LogP) is 2.13. The van der Waals surface area contributed by atoms with E-state index in [1.165, 1.54) is 11.3 Å². The van der Waals surface area contributed by atoms with Gasteiger partial charge in [-0.25, -0.2) is 4.68 Å². The lowest BCUT2D eigenvalue weighted by atomic mass is 9.84. The number of para-hydroxylation sites is 1. The van der Waals surface area contributed by atoms with Crippen molar-refractivity contribution >= 4 is 6.41 Å².